The fraction of sp³-hybridized carbons (Fsp3) is 0.355. The van der Waals surface area contributed by atoms with E-state index in [4.69, 9.17) is 9.72 Å². The molecule has 186 valence electrons. The fourth-order valence-corrected chi connectivity index (χ4v) is 5.14. The first-order valence-corrected chi connectivity index (χ1v) is 13.0. The van der Waals surface area contributed by atoms with Gasteiger partial charge in [-0.2, -0.15) is 0 Å². The summed E-state index contributed by atoms with van der Waals surface area (Å²) >= 11 is 0. The molecule has 5 heteroatoms. The van der Waals surface area contributed by atoms with Crippen molar-refractivity contribution in [1.82, 2.24) is 9.55 Å². The Balaban J connectivity index is 1.28. The molecule has 4 aromatic rings. The first-order valence-electron chi connectivity index (χ1n) is 13.0. The van der Waals surface area contributed by atoms with Crippen LogP contribution in [0, 0.1) is 6.92 Å². The molecule has 1 aliphatic rings. The largest absolute Gasteiger partial charge is 0.493 e. The monoisotopic (exact) mass is 481 g/mol. The second-order valence-electron chi connectivity index (χ2n) is 10.1. The molecule has 1 unspecified atom stereocenters. The third-order valence-electron chi connectivity index (χ3n) is 7.09. The summed E-state index contributed by atoms with van der Waals surface area (Å²) in [7, 11) is 0. The number of amides is 1. The second-order valence-corrected chi connectivity index (χ2v) is 10.1. The van der Waals surface area contributed by atoms with Gasteiger partial charge in [-0.3, -0.25) is 4.79 Å². The Bertz CT molecular complexity index is 1340. The van der Waals surface area contributed by atoms with E-state index in [0.717, 1.165) is 47.7 Å². The van der Waals surface area contributed by atoms with Crippen LogP contribution in [0.2, 0.25) is 0 Å². The second kappa shape index (κ2) is 10.6. The van der Waals surface area contributed by atoms with Crippen LogP contribution in [-0.2, 0) is 11.3 Å². The Morgan fingerprint density at radius 2 is 1.72 bits per heavy atom. The molecule has 0 spiro atoms. The lowest BCUT2D eigenvalue weighted by Gasteiger charge is -2.18. The van der Waals surface area contributed by atoms with E-state index in [1.807, 2.05) is 29.2 Å². The van der Waals surface area contributed by atoms with Crippen molar-refractivity contribution in [2.24, 2.45) is 0 Å². The van der Waals surface area contributed by atoms with Gasteiger partial charge >= 0.3 is 0 Å². The fourth-order valence-electron chi connectivity index (χ4n) is 5.14. The van der Waals surface area contributed by atoms with Crippen LogP contribution in [0.5, 0.6) is 5.75 Å². The normalized spacial score (nSPS) is 15.8. The summed E-state index contributed by atoms with van der Waals surface area (Å²) in [6.45, 7) is 8.67. The molecule has 5 rings (SSSR count). The Hall–Kier alpha value is -3.60. The molecule has 1 atom stereocenters. The van der Waals surface area contributed by atoms with Crippen LogP contribution in [-0.4, -0.2) is 28.6 Å². The number of hydrogen-bond donors (Lipinski definition) is 0. The van der Waals surface area contributed by atoms with Crippen molar-refractivity contribution in [3.05, 3.63) is 89.7 Å². The van der Waals surface area contributed by atoms with Crippen molar-refractivity contribution in [1.29, 1.82) is 0 Å². The molecule has 1 aliphatic heterocycles. The molecule has 36 heavy (non-hydrogen) atoms. The molecule has 0 N–H and O–H groups in total. The number of benzene rings is 3. The number of imidazole rings is 1. The number of ether oxygens (including phenoxy) is 1. The maximum Gasteiger partial charge on any atom is 0.227 e. The van der Waals surface area contributed by atoms with Crippen LogP contribution in [0.3, 0.4) is 0 Å². The van der Waals surface area contributed by atoms with Gasteiger partial charge in [-0.1, -0.05) is 61.9 Å². The Kier molecular flexibility index (Phi) is 7.08. The van der Waals surface area contributed by atoms with Gasteiger partial charge in [0.2, 0.25) is 5.91 Å². The number of nitrogens with zero attached hydrogens (tertiary/aromatic N) is 3. The minimum absolute atomic E-state index is 0.0837. The van der Waals surface area contributed by atoms with E-state index in [9.17, 15) is 4.79 Å². The summed E-state index contributed by atoms with van der Waals surface area (Å²) in [6, 6.07) is 24.8. The lowest BCUT2D eigenvalue weighted by molar-refractivity contribution is -0.117. The zero-order valence-electron chi connectivity index (χ0n) is 21.5. The maximum atomic E-state index is 13.0. The number of carbonyl (C=O) groups excluding carboxylic acids is 1. The van der Waals surface area contributed by atoms with Gasteiger partial charge in [0.25, 0.3) is 0 Å². The van der Waals surface area contributed by atoms with Gasteiger partial charge in [-0.15, -0.1) is 0 Å². The van der Waals surface area contributed by atoms with E-state index in [1.165, 1.54) is 11.1 Å². The number of carbonyl (C=O) groups is 1. The van der Waals surface area contributed by atoms with Crippen molar-refractivity contribution in [2.75, 3.05) is 18.1 Å². The number of unbranched alkanes of at least 4 members (excludes halogenated alkanes) is 1. The smallest absolute Gasteiger partial charge is 0.227 e. The summed E-state index contributed by atoms with van der Waals surface area (Å²) in [5, 5.41) is 0. The van der Waals surface area contributed by atoms with E-state index < -0.39 is 0 Å². The minimum Gasteiger partial charge on any atom is -0.493 e. The van der Waals surface area contributed by atoms with Gasteiger partial charge in [0, 0.05) is 31.1 Å². The highest BCUT2D eigenvalue weighted by atomic mass is 16.5. The van der Waals surface area contributed by atoms with Crippen molar-refractivity contribution in [2.45, 2.75) is 58.4 Å². The molecule has 0 aliphatic carbocycles. The third-order valence-corrected chi connectivity index (χ3v) is 7.09. The van der Waals surface area contributed by atoms with E-state index in [0.29, 0.717) is 25.5 Å². The summed E-state index contributed by atoms with van der Waals surface area (Å²) in [5.41, 5.74) is 5.55. The third kappa shape index (κ3) is 5.01. The Morgan fingerprint density at radius 3 is 2.53 bits per heavy atom. The molecule has 1 fully saturated rings. The van der Waals surface area contributed by atoms with Crippen LogP contribution in [0.4, 0.5) is 5.69 Å². The van der Waals surface area contributed by atoms with Crippen LogP contribution in [0.15, 0.2) is 72.8 Å². The van der Waals surface area contributed by atoms with E-state index >= 15 is 0 Å². The van der Waals surface area contributed by atoms with E-state index in [2.05, 4.69) is 73.9 Å². The summed E-state index contributed by atoms with van der Waals surface area (Å²) in [4.78, 5) is 19.9. The van der Waals surface area contributed by atoms with Crippen LogP contribution >= 0.6 is 0 Å². The highest BCUT2D eigenvalue weighted by Gasteiger charge is 2.34. The molecule has 0 bridgehead atoms. The lowest BCUT2D eigenvalue weighted by atomic mass is 10.0. The molecular formula is C31H35N3O2. The van der Waals surface area contributed by atoms with Crippen molar-refractivity contribution in [3.63, 3.8) is 0 Å². The van der Waals surface area contributed by atoms with Gasteiger partial charge < -0.3 is 14.2 Å². The van der Waals surface area contributed by atoms with Crippen LogP contribution < -0.4 is 9.64 Å². The standard InChI is InChI=1S/C31H35N3O2/c1-22(2)26-10-4-7-13-29(26)36-19-9-8-18-33-28-12-6-5-11-27(28)32-31(33)24-20-30(35)34(21-24)25-16-14-23(3)15-17-25/h4-7,10-17,22,24H,8-9,18-21H2,1-3H3. The summed E-state index contributed by atoms with van der Waals surface area (Å²) in [5.74, 6) is 2.70. The van der Waals surface area contributed by atoms with Gasteiger partial charge in [0.15, 0.2) is 0 Å². The first-order chi connectivity index (χ1) is 17.5. The number of anilines is 1. The van der Waals surface area contributed by atoms with Crippen molar-refractivity contribution < 1.29 is 9.53 Å². The van der Waals surface area contributed by atoms with Gasteiger partial charge in [-0.25, -0.2) is 4.98 Å². The topological polar surface area (TPSA) is 47.4 Å². The van der Waals surface area contributed by atoms with Crippen molar-refractivity contribution in [3.8, 4) is 5.75 Å². The van der Waals surface area contributed by atoms with Gasteiger partial charge in [-0.05, 0) is 61.6 Å². The molecule has 0 saturated carbocycles. The molecule has 2 heterocycles. The molecule has 0 radical (unpaired) electrons. The van der Waals surface area contributed by atoms with E-state index in [1.54, 1.807) is 0 Å². The number of fused-ring (bicyclic) bond motifs is 1. The summed E-state index contributed by atoms with van der Waals surface area (Å²) < 4.78 is 8.47. The predicted molar refractivity (Wildman–Crippen MR) is 146 cm³/mol. The number of para-hydroxylation sites is 3. The molecule has 3 aromatic carbocycles. The minimum atomic E-state index is 0.0837. The first kappa shape index (κ1) is 24.1. The number of rotatable bonds is 9. The van der Waals surface area contributed by atoms with Crippen LogP contribution in [0.1, 0.15) is 61.9 Å². The molecule has 1 amide bonds. The molecule has 1 aromatic heterocycles. The van der Waals surface area contributed by atoms with Gasteiger partial charge in [0.1, 0.15) is 11.6 Å². The maximum absolute atomic E-state index is 13.0. The Labute approximate surface area is 213 Å². The highest BCUT2D eigenvalue weighted by molar-refractivity contribution is 5.96. The number of aromatic nitrogens is 2. The number of hydrogen-bond acceptors (Lipinski definition) is 3. The molecule has 5 nitrogen and oxygen atoms in total. The number of aryl methyl sites for hydroxylation is 2. The lowest BCUT2D eigenvalue weighted by Crippen LogP contribution is -2.24. The van der Waals surface area contributed by atoms with Gasteiger partial charge in [0.05, 0.1) is 17.6 Å². The Morgan fingerprint density at radius 1 is 0.972 bits per heavy atom. The zero-order valence-corrected chi connectivity index (χ0v) is 21.5. The molecular weight excluding hydrogens is 446 g/mol. The predicted octanol–water partition coefficient (Wildman–Crippen LogP) is 6.85. The SMILES string of the molecule is Cc1ccc(N2CC(c3nc4ccccc4n3CCCCOc3ccccc3C(C)C)CC2=O)cc1. The van der Waals surface area contributed by atoms with Crippen LogP contribution in [0.25, 0.3) is 11.0 Å². The quantitative estimate of drug-likeness (QED) is 0.246. The van der Waals surface area contributed by atoms with Crippen molar-refractivity contribution >= 4 is 22.6 Å². The summed E-state index contributed by atoms with van der Waals surface area (Å²) in [6.07, 6.45) is 2.43. The van der Waals surface area contributed by atoms with E-state index in [-0.39, 0.29) is 11.8 Å². The average molecular weight is 482 g/mol. The molecule has 1 saturated heterocycles. The highest BCUT2D eigenvalue weighted by Crippen LogP contribution is 2.33. The zero-order chi connectivity index (χ0) is 25.1. The average Bonchev–Trinajstić information content (AvgIpc) is 3.45.